The highest BCUT2D eigenvalue weighted by Gasteiger charge is 2.48. The Labute approximate surface area is 156 Å². The number of aromatic nitrogens is 1. The second-order valence-electron chi connectivity index (χ2n) is 6.95. The largest absolute Gasteiger partial charge is 0.383 e. The van der Waals surface area contributed by atoms with Crippen LogP contribution in [0.4, 0.5) is 5.13 Å². The number of nitrogens with zero attached hydrogens (tertiary/aromatic N) is 3. The highest BCUT2D eigenvalue weighted by atomic mass is 35.5. The van der Waals surface area contributed by atoms with Gasteiger partial charge in [-0.05, 0) is 37.5 Å². The summed E-state index contributed by atoms with van der Waals surface area (Å²) in [5.41, 5.74) is 0.726. The third-order valence-electron chi connectivity index (χ3n) is 5.35. The van der Waals surface area contributed by atoms with Crippen LogP contribution in [0.3, 0.4) is 0 Å². The van der Waals surface area contributed by atoms with E-state index in [0.717, 1.165) is 59.3 Å². The second-order valence-corrected chi connectivity index (χ2v) is 8.39. The summed E-state index contributed by atoms with van der Waals surface area (Å²) in [5.74, 6) is 0.294. The molecule has 5 nitrogen and oxygen atoms in total. The Balaban J connectivity index is 1.54. The molecular weight excluding hydrogens is 358 g/mol. The average Bonchev–Trinajstić information content (AvgIpc) is 3.21. The number of fused-ring (bicyclic) bond motifs is 1. The van der Waals surface area contributed by atoms with Gasteiger partial charge in [-0.3, -0.25) is 4.79 Å². The predicted molar refractivity (Wildman–Crippen MR) is 102 cm³/mol. The first-order valence-electron chi connectivity index (χ1n) is 8.71. The molecule has 0 unspecified atom stereocenters. The van der Waals surface area contributed by atoms with E-state index < -0.39 is 0 Å². The molecule has 134 valence electrons. The number of thiazole rings is 1. The highest BCUT2D eigenvalue weighted by Crippen LogP contribution is 2.43. The van der Waals surface area contributed by atoms with Gasteiger partial charge in [0.05, 0.1) is 22.2 Å². The molecule has 0 N–H and O–H groups in total. The molecule has 2 aliphatic rings. The van der Waals surface area contributed by atoms with Crippen molar-refractivity contribution >= 4 is 44.2 Å². The number of hydrogen-bond donors (Lipinski definition) is 0. The van der Waals surface area contributed by atoms with Crippen molar-refractivity contribution in [3.05, 3.63) is 23.2 Å². The number of anilines is 1. The zero-order chi connectivity index (χ0) is 17.4. The number of likely N-dealkylation sites (tertiary alicyclic amines) is 1. The van der Waals surface area contributed by atoms with Gasteiger partial charge < -0.3 is 14.5 Å². The molecule has 1 aromatic carbocycles. The second kappa shape index (κ2) is 6.74. The number of carbonyl (C=O) groups is 1. The molecule has 3 heterocycles. The smallest absolute Gasteiger partial charge is 0.230 e. The van der Waals surface area contributed by atoms with E-state index in [1.807, 2.05) is 23.1 Å². The molecule has 2 saturated heterocycles. The summed E-state index contributed by atoms with van der Waals surface area (Å²) in [7, 11) is 1.68. The van der Waals surface area contributed by atoms with Crippen molar-refractivity contribution in [1.29, 1.82) is 0 Å². The van der Waals surface area contributed by atoms with E-state index in [-0.39, 0.29) is 5.41 Å². The Bertz CT molecular complexity index is 796. The van der Waals surface area contributed by atoms with Crippen molar-refractivity contribution in [2.24, 2.45) is 5.41 Å². The number of methoxy groups -OCH3 is 1. The molecule has 2 fully saturated rings. The van der Waals surface area contributed by atoms with Crippen LogP contribution in [0, 0.1) is 5.41 Å². The molecule has 0 aliphatic carbocycles. The van der Waals surface area contributed by atoms with Crippen molar-refractivity contribution in [3.63, 3.8) is 0 Å². The van der Waals surface area contributed by atoms with E-state index in [1.54, 1.807) is 18.4 Å². The summed E-state index contributed by atoms with van der Waals surface area (Å²) < 4.78 is 6.25. The fourth-order valence-corrected chi connectivity index (χ4v) is 5.27. The molecule has 0 saturated carbocycles. The number of carbonyl (C=O) groups excluding carboxylic acids is 1. The number of piperidine rings is 1. The van der Waals surface area contributed by atoms with Gasteiger partial charge in [0.2, 0.25) is 5.91 Å². The Hall–Kier alpha value is -1.37. The zero-order valence-corrected chi connectivity index (χ0v) is 15.9. The first-order valence-corrected chi connectivity index (χ1v) is 9.90. The van der Waals surface area contributed by atoms with Gasteiger partial charge >= 0.3 is 0 Å². The number of benzene rings is 1. The van der Waals surface area contributed by atoms with Gasteiger partial charge in [0.25, 0.3) is 0 Å². The molecule has 0 radical (unpaired) electrons. The van der Waals surface area contributed by atoms with Crippen molar-refractivity contribution in [2.75, 3.05) is 44.8 Å². The quantitative estimate of drug-likeness (QED) is 0.816. The minimum absolute atomic E-state index is 0.249. The SMILES string of the molecule is COCCN1CCC[C@]2(CCN(c3nc4ccc(Cl)cc4s3)C2)C1=O. The van der Waals surface area contributed by atoms with Gasteiger partial charge in [0, 0.05) is 38.3 Å². The van der Waals surface area contributed by atoms with Crippen LogP contribution in [0.25, 0.3) is 10.2 Å². The maximum Gasteiger partial charge on any atom is 0.230 e. The lowest BCUT2D eigenvalue weighted by molar-refractivity contribution is -0.145. The first-order chi connectivity index (χ1) is 12.1. The molecule has 0 bridgehead atoms. The van der Waals surface area contributed by atoms with Gasteiger partial charge in [-0.2, -0.15) is 0 Å². The molecule has 4 rings (SSSR count). The van der Waals surface area contributed by atoms with E-state index >= 15 is 0 Å². The number of halogens is 1. The van der Waals surface area contributed by atoms with E-state index in [4.69, 9.17) is 21.3 Å². The van der Waals surface area contributed by atoms with Crippen molar-refractivity contribution in [3.8, 4) is 0 Å². The van der Waals surface area contributed by atoms with Crippen molar-refractivity contribution < 1.29 is 9.53 Å². The van der Waals surface area contributed by atoms with E-state index in [0.29, 0.717) is 19.1 Å². The normalized spacial score (nSPS) is 24.0. The highest BCUT2D eigenvalue weighted by molar-refractivity contribution is 7.22. The molecule has 1 atom stereocenters. The lowest BCUT2D eigenvalue weighted by Gasteiger charge is -2.39. The summed E-state index contributed by atoms with van der Waals surface area (Å²) in [6.45, 7) is 3.80. The summed E-state index contributed by atoms with van der Waals surface area (Å²) in [6.07, 6.45) is 2.95. The number of ether oxygens (including phenoxy) is 1. The van der Waals surface area contributed by atoms with Gasteiger partial charge in [0.15, 0.2) is 5.13 Å². The Morgan fingerprint density at radius 3 is 3.08 bits per heavy atom. The van der Waals surface area contributed by atoms with E-state index in [9.17, 15) is 4.79 Å². The minimum Gasteiger partial charge on any atom is -0.383 e. The summed E-state index contributed by atoms with van der Waals surface area (Å²) in [6, 6.07) is 5.79. The first kappa shape index (κ1) is 17.1. The van der Waals surface area contributed by atoms with Crippen LogP contribution >= 0.6 is 22.9 Å². The lowest BCUT2D eigenvalue weighted by atomic mass is 9.78. The van der Waals surface area contributed by atoms with Crippen LogP contribution in [0.2, 0.25) is 5.02 Å². The summed E-state index contributed by atoms with van der Waals surface area (Å²) in [5, 5.41) is 1.73. The van der Waals surface area contributed by atoms with E-state index in [1.165, 1.54) is 0 Å². The van der Waals surface area contributed by atoms with Crippen LogP contribution in [0.1, 0.15) is 19.3 Å². The van der Waals surface area contributed by atoms with Crippen molar-refractivity contribution in [1.82, 2.24) is 9.88 Å². The monoisotopic (exact) mass is 379 g/mol. The van der Waals surface area contributed by atoms with Crippen LogP contribution in [0.5, 0.6) is 0 Å². The van der Waals surface area contributed by atoms with Crippen LogP contribution < -0.4 is 4.90 Å². The number of hydrogen-bond acceptors (Lipinski definition) is 5. The Morgan fingerprint density at radius 2 is 2.24 bits per heavy atom. The topological polar surface area (TPSA) is 45.7 Å². The van der Waals surface area contributed by atoms with Gasteiger partial charge in [-0.15, -0.1) is 0 Å². The lowest BCUT2D eigenvalue weighted by Crippen LogP contribution is -2.50. The summed E-state index contributed by atoms with van der Waals surface area (Å²) >= 11 is 7.74. The van der Waals surface area contributed by atoms with Gasteiger partial charge in [-0.25, -0.2) is 4.98 Å². The maximum atomic E-state index is 13.1. The molecule has 1 spiro atoms. The van der Waals surface area contributed by atoms with E-state index in [2.05, 4.69) is 4.90 Å². The molecule has 1 aromatic heterocycles. The molecule has 1 amide bonds. The Kier molecular flexibility index (Phi) is 4.60. The Morgan fingerprint density at radius 1 is 1.36 bits per heavy atom. The van der Waals surface area contributed by atoms with Gasteiger partial charge in [0.1, 0.15) is 0 Å². The summed E-state index contributed by atoms with van der Waals surface area (Å²) in [4.78, 5) is 22.1. The molecule has 2 aromatic rings. The minimum atomic E-state index is -0.249. The van der Waals surface area contributed by atoms with Crippen LogP contribution in [-0.2, 0) is 9.53 Å². The standard InChI is InChI=1S/C18H22ClN3O2S/c1-24-10-9-21-7-2-5-18(16(21)23)6-8-22(12-18)17-20-14-4-3-13(19)11-15(14)25-17/h3-4,11H,2,5-10,12H2,1H3/t18-/m1/s1. The maximum absolute atomic E-state index is 13.1. The fourth-order valence-electron chi connectivity index (χ4n) is 4.00. The fraction of sp³-hybridized carbons (Fsp3) is 0.556. The van der Waals surface area contributed by atoms with Gasteiger partial charge in [-0.1, -0.05) is 22.9 Å². The van der Waals surface area contributed by atoms with Crippen LogP contribution in [-0.4, -0.2) is 55.7 Å². The third kappa shape index (κ3) is 3.11. The van der Waals surface area contributed by atoms with Crippen LogP contribution in [0.15, 0.2) is 18.2 Å². The molecule has 25 heavy (non-hydrogen) atoms. The van der Waals surface area contributed by atoms with Crippen molar-refractivity contribution in [2.45, 2.75) is 19.3 Å². The number of rotatable bonds is 4. The average molecular weight is 380 g/mol. The number of amides is 1. The molecule has 7 heteroatoms. The molecule has 2 aliphatic heterocycles. The third-order valence-corrected chi connectivity index (χ3v) is 6.67. The zero-order valence-electron chi connectivity index (χ0n) is 14.3. The molecular formula is C18H22ClN3O2S. The predicted octanol–water partition coefficient (Wildman–Crippen LogP) is 3.42.